The Morgan fingerprint density at radius 2 is 1.97 bits per heavy atom. The molecule has 0 radical (unpaired) electrons. The molecule has 1 aromatic carbocycles. The van der Waals surface area contributed by atoms with E-state index in [9.17, 15) is 9.59 Å². The molecule has 0 bridgehead atoms. The number of rotatable bonds is 2. The minimum Gasteiger partial charge on any atom is -0.493 e. The Labute approximate surface area is 177 Å². The third-order valence-electron chi connectivity index (χ3n) is 6.73. The molecule has 0 aromatic heterocycles. The Morgan fingerprint density at radius 1 is 1.17 bits per heavy atom. The first-order valence-corrected chi connectivity index (χ1v) is 11.1. The van der Waals surface area contributed by atoms with Gasteiger partial charge in [-0.05, 0) is 45.6 Å². The van der Waals surface area contributed by atoms with E-state index < -0.39 is 17.7 Å². The molecule has 4 aliphatic rings. The fourth-order valence-electron chi connectivity index (χ4n) is 5.27. The van der Waals surface area contributed by atoms with Crippen LogP contribution < -0.4 is 10.1 Å². The molecule has 5 atom stereocenters. The lowest BCUT2D eigenvalue weighted by Crippen LogP contribution is -2.64. The van der Waals surface area contributed by atoms with Gasteiger partial charge in [-0.25, -0.2) is 4.79 Å². The van der Waals surface area contributed by atoms with Crippen molar-refractivity contribution in [2.75, 3.05) is 19.7 Å². The Morgan fingerprint density at radius 3 is 2.77 bits per heavy atom. The lowest BCUT2D eigenvalue weighted by molar-refractivity contribution is -0.130. The third kappa shape index (κ3) is 3.64. The Balaban J connectivity index is 1.35. The Bertz CT molecular complexity index is 851. The smallest absolute Gasteiger partial charge is 0.411 e. The van der Waals surface area contributed by atoms with Gasteiger partial charge in [-0.15, -0.1) is 0 Å². The number of nitrogens with one attached hydrogen (secondary N) is 1. The topological polar surface area (TPSA) is 71.1 Å². The number of carbonyl (C=O) groups excluding carboxylic acids is 2. The van der Waals surface area contributed by atoms with Crippen LogP contribution in [0, 0.1) is 5.92 Å². The van der Waals surface area contributed by atoms with Crippen molar-refractivity contribution < 1.29 is 19.1 Å². The van der Waals surface area contributed by atoms with Gasteiger partial charge in [0.1, 0.15) is 17.4 Å². The number of benzene rings is 1. The first-order valence-electron chi connectivity index (χ1n) is 11.1. The van der Waals surface area contributed by atoms with Gasteiger partial charge < -0.3 is 14.8 Å². The number of carbonyl (C=O) groups is 2. The second-order valence-corrected chi connectivity index (χ2v) is 10.0. The fraction of sp³-hybridized carbons (Fsp3) is 0.652. The number of fused-ring (bicyclic) bond motifs is 4. The summed E-state index contributed by atoms with van der Waals surface area (Å²) in [5, 5.41) is 3.21. The predicted octanol–water partition coefficient (Wildman–Crippen LogP) is 2.71. The first kappa shape index (κ1) is 19.7. The molecule has 2 saturated heterocycles. The number of para-hydroxylation sites is 1. The molecule has 3 fully saturated rings. The molecule has 5 rings (SSSR count). The van der Waals surface area contributed by atoms with E-state index in [-0.39, 0.29) is 11.9 Å². The Kier molecular flexibility index (Phi) is 4.69. The molecule has 7 nitrogen and oxygen atoms in total. The van der Waals surface area contributed by atoms with E-state index in [1.807, 2.05) is 45.0 Å². The van der Waals surface area contributed by atoms with Crippen molar-refractivity contribution in [3.8, 4) is 5.75 Å². The normalized spacial score (nSPS) is 32.4. The molecular formula is C23H31N3O4. The fourth-order valence-corrected chi connectivity index (χ4v) is 5.27. The summed E-state index contributed by atoms with van der Waals surface area (Å²) in [6.45, 7) is 7.30. The van der Waals surface area contributed by atoms with Crippen molar-refractivity contribution in [1.82, 2.24) is 15.1 Å². The largest absolute Gasteiger partial charge is 0.493 e. The van der Waals surface area contributed by atoms with Crippen LogP contribution in [0.25, 0.3) is 0 Å². The quantitative estimate of drug-likeness (QED) is 0.807. The van der Waals surface area contributed by atoms with Crippen LogP contribution >= 0.6 is 0 Å². The van der Waals surface area contributed by atoms with Gasteiger partial charge >= 0.3 is 6.09 Å². The number of piperazine rings is 1. The summed E-state index contributed by atoms with van der Waals surface area (Å²) in [6.07, 6.45) is 2.67. The summed E-state index contributed by atoms with van der Waals surface area (Å²) in [7, 11) is 0. The molecule has 0 unspecified atom stereocenters. The minimum absolute atomic E-state index is 0.104. The van der Waals surface area contributed by atoms with E-state index in [1.54, 1.807) is 4.90 Å². The first-order chi connectivity index (χ1) is 14.3. The Hall–Kier alpha value is -2.28. The van der Waals surface area contributed by atoms with Crippen LogP contribution in [0.5, 0.6) is 5.75 Å². The highest BCUT2D eigenvalue weighted by Crippen LogP contribution is 2.49. The van der Waals surface area contributed by atoms with Crippen LogP contribution in [-0.4, -0.2) is 65.2 Å². The van der Waals surface area contributed by atoms with Crippen LogP contribution in [0.1, 0.15) is 51.6 Å². The van der Waals surface area contributed by atoms with Gasteiger partial charge in [0.25, 0.3) is 0 Å². The van der Waals surface area contributed by atoms with E-state index >= 15 is 0 Å². The second-order valence-electron chi connectivity index (χ2n) is 10.0. The summed E-state index contributed by atoms with van der Waals surface area (Å²) < 4.78 is 11.4. The van der Waals surface area contributed by atoms with Crippen molar-refractivity contribution in [3.63, 3.8) is 0 Å². The summed E-state index contributed by atoms with van der Waals surface area (Å²) in [6, 6.07) is 8.12. The van der Waals surface area contributed by atoms with Crippen molar-refractivity contribution in [3.05, 3.63) is 29.8 Å². The number of hydrogen-bond donors (Lipinski definition) is 1. The number of piperidine rings is 1. The van der Waals surface area contributed by atoms with Crippen molar-refractivity contribution in [2.24, 2.45) is 5.92 Å². The van der Waals surface area contributed by atoms with Gasteiger partial charge in [0, 0.05) is 37.2 Å². The van der Waals surface area contributed by atoms with Crippen LogP contribution in [0.15, 0.2) is 24.3 Å². The number of nitrogens with zero attached hydrogens (tertiary/aromatic N) is 2. The number of amides is 2. The SMILES string of the molecule is CC(C)(C)OC(=O)N1C[C@H]2C[C@H]3C[C@H]3N2C[C@H]1C(=O)N[C@@H]1CCOc2ccccc21. The molecule has 1 aliphatic carbocycles. The van der Waals surface area contributed by atoms with E-state index in [2.05, 4.69) is 10.2 Å². The maximum Gasteiger partial charge on any atom is 0.411 e. The second kappa shape index (κ2) is 7.15. The summed E-state index contributed by atoms with van der Waals surface area (Å²) in [5.74, 6) is 1.45. The van der Waals surface area contributed by atoms with Gasteiger partial charge in [0.05, 0.1) is 12.6 Å². The van der Waals surface area contributed by atoms with E-state index in [0.29, 0.717) is 31.8 Å². The molecule has 1 saturated carbocycles. The zero-order valence-corrected chi connectivity index (χ0v) is 18.0. The molecule has 162 valence electrons. The molecule has 7 heteroatoms. The molecule has 3 aliphatic heterocycles. The molecule has 1 aromatic rings. The predicted molar refractivity (Wildman–Crippen MR) is 111 cm³/mol. The monoisotopic (exact) mass is 413 g/mol. The van der Waals surface area contributed by atoms with E-state index in [4.69, 9.17) is 9.47 Å². The highest BCUT2D eigenvalue weighted by molar-refractivity contribution is 5.86. The number of hydrogen-bond acceptors (Lipinski definition) is 5. The molecule has 2 amide bonds. The maximum absolute atomic E-state index is 13.4. The zero-order valence-electron chi connectivity index (χ0n) is 18.0. The summed E-state index contributed by atoms with van der Waals surface area (Å²) in [4.78, 5) is 30.5. The van der Waals surface area contributed by atoms with Gasteiger partial charge in [0.15, 0.2) is 0 Å². The number of ether oxygens (including phenoxy) is 2. The van der Waals surface area contributed by atoms with Gasteiger partial charge in [-0.3, -0.25) is 14.6 Å². The van der Waals surface area contributed by atoms with E-state index in [0.717, 1.165) is 30.1 Å². The molecule has 1 N–H and O–H groups in total. The van der Waals surface area contributed by atoms with E-state index in [1.165, 1.54) is 6.42 Å². The molecular weight excluding hydrogens is 382 g/mol. The standard InChI is InChI=1S/C23H31N3O4/c1-23(2,3)30-22(28)26-12-15-10-14-11-18(14)25(15)13-19(26)21(27)24-17-8-9-29-20-7-5-4-6-16(17)20/h4-7,14-15,17-19H,8-13H2,1-3H3,(H,24,27)/t14-,15+,17+,18+,19-/m0/s1. The van der Waals surface area contributed by atoms with Crippen LogP contribution in [-0.2, 0) is 9.53 Å². The lowest BCUT2D eigenvalue weighted by atomic mass is 9.99. The molecule has 3 heterocycles. The highest BCUT2D eigenvalue weighted by Gasteiger charge is 2.56. The lowest BCUT2D eigenvalue weighted by Gasteiger charge is -2.44. The minimum atomic E-state index is -0.591. The van der Waals surface area contributed by atoms with Gasteiger partial charge in [-0.1, -0.05) is 18.2 Å². The van der Waals surface area contributed by atoms with Crippen molar-refractivity contribution in [1.29, 1.82) is 0 Å². The van der Waals surface area contributed by atoms with Crippen LogP contribution in [0.3, 0.4) is 0 Å². The third-order valence-corrected chi connectivity index (χ3v) is 6.73. The zero-order chi connectivity index (χ0) is 21.0. The highest BCUT2D eigenvalue weighted by atomic mass is 16.6. The van der Waals surface area contributed by atoms with Crippen LogP contribution in [0.2, 0.25) is 0 Å². The van der Waals surface area contributed by atoms with Gasteiger partial charge in [0.2, 0.25) is 5.91 Å². The molecule has 30 heavy (non-hydrogen) atoms. The average molecular weight is 414 g/mol. The van der Waals surface area contributed by atoms with Crippen molar-refractivity contribution in [2.45, 2.75) is 69.8 Å². The summed E-state index contributed by atoms with van der Waals surface area (Å²) in [5.41, 5.74) is 0.408. The molecule has 0 spiro atoms. The average Bonchev–Trinajstić information content (AvgIpc) is 3.37. The summed E-state index contributed by atoms with van der Waals surface area (Å²) >= 11 is 0. The van der Waals surface area contributed by atoms with Crippen molar-refractivity contribution >= 4 is 12.0 Å². The van der Waals surface area contributed by atoms with Gasteiger partial charge in [-0.2, -0.15) is 0 Å². The van der Waals surface area contributed by atoms with Crippen LogP contribution in [0.4, 0.5) is 4.79 Å². The maximum atomic E-state index is 13.4.